The van der Waals surface area contributed by atoms with E-state index in [1.807, 2.05) is 31.1 Å². The Bertz CT molecular complexity index is 459. The average molecular weight is 202 g/mol. The molecule has 0 unspecified atom stereocenters. The minimum Gasteiger partial charge on any atom is -0.360 e. The van der Waals surface area contributed by atoms with Crippen molar-refractivity contribution in [2.75, 3.05) is 19.0 Å². The van der Waals surface area contributed by atoms with Crippen molar-refractivity contribution < 1.29 is 0 Å². The summed E-state index contributed by atoms with van der Waals surface area (Å²) in [7, 11) is 3.90. The van der Waals surface area contributed by atoms with E-state index in [4.69, 9.17) is 0 Å². The highest BCUT2D eigenvalue weighted by molar-refractivity contribution is 5.37. The second kappa shape index (κ2) is 3.73. The summed E-state index contributed by atoms with van der Waals surface area (Å²) in [6.45, 7) is 2.06. The number of nitrogens with zero attached hydrogens (tertiary/aromatic N) is 4. The smallest absolute Gasteiger partial charge is 0.171 e. The number of rotatable bonds is 2. The molecule has 0 spiro atoms. The zero-order valence-electron chi connectivity index (χ0n) is 9.18. The maximum atomic E-state index is 4.35. The van der Waals surface area contributed by atoms with Crippen LogP contribution in [-0.4, -0.2) is 29.1 Å². The van der Waals surface area contributed by atoms with Crippen LogP contribution in [0.15, 0.2) is 30.5 Å². The molecule has 0 aliphatic rings. The molecule has 0 N–H and O–H groups in total. The Balaban J connectivity index is 2.37. The second-order valence-electron chi connectivity index (χ2n) is 3.73. The predicted molar refractivity (Wildman–Crippen MR) is 60.4 cm³/mol. The molecule has 1 aromatic carbocycles. The van der Waals surface area contributed by atoms with Crippen LogP contribution in [0.1, 0.15) is 5.56 Å². The molecule has 0 saturated heterocycles. The maximum Gasteiger partial charge on any atom is 0.171 e. The third-order valence-electron chi connectivity index (χ3n) is 2.17. The zero-order valence-corrected chi connectivity index (χ0v) is 9.18. The summed E-state index contributed by atoms with van der Waals surface area (Å²) in [4.78, 5) is 3.57. The Hall–Kier alpha value is -1.84. The lowest BCUT2D eigenvalue weighted by atomic mass is 10.2. The summed E-state index contributed by atoms with van der Waals surface area (Å²) < 4.78 is 0. The summed E-state index contributed by atoms with van der Waals surface area (Å²) >= 11 is 0. The van der Waals surface area contributed by atoms with Crippen molar-refractivity contribution >= 4 is 5.82 Å². The first-order chi connectivity index (χ1) is 7.16. The molecule has 0 saturated carbocycles. The largest absolute Gasteiger partial charge is 0.360 e. The molecule has 0 aliphatic heterocycles. The Labute approximate surface area is 89.1 Å². The quantitative estimate of drug-likeness (QED) is 0.742. The Morgan fingerprint density at radius 2 is 2.07 bits per heavy atom. The molecule has 4 nitrogen and oxygen atoms in total. The van der Waals surface area contributed by atoms with E-state index >= 15 is 0 Å². The van der Waals surface area contributed by atoms with E-state index in [0.29, 0.717) is 0 Å². The predicted octanol–water partition coefficient (Wildman–Crippen LogP) is 1.64. The van der Waals surface area contributed by atoms with E-state index in [1.165, 1.54) is 5.56 Å². The van der Waals surface area contributed by atoms with Crippen molar-refractivity contribution in [3.63, 3.8) is 0 Å². The number of benzene rings is 1. The fraction of sp³-hybridized carbons (Fsp3) is 0.273. The average Bonchev–Trinajstić information content (AvgIpc) is 2.66. The van der Waals surface area contributed by atoms with Crippen molar-refractivity contribution in [1.29, 1.82) is 0 Å². The first kappa shape index (κ1) is 9.71. The molecule has 15 heavy (non-hydrogen) atoms. The molecule has 0 bridgehead atoms. The minimum atomic E-state index is 0.858. The molecule has 2 rings (SSSR count). The highest BCUT2D eigenvalue weighted by Crippen LogP contribution is 2.10. The molecule has 4 heteroatoms. The van der Waals surface area contributed by atoms with Crippen LogP contribution in [0.5, 0.6) is 0 Å². The number of hydrogen-bond acceptors (Lipinski definition) is 3. The highest BCUT2D eigenvalue weighted by atomic mass is 15.5. The van der Waals surface area contributed by atoms with Gasteiger partial charge in [-0.3, -0.25) is 0 Å². The monoisotopic (exact) mass is 202 g/mol. The lowest BCUT2D eigenvalue weighted by molar-refractivity contribution is 0.748. The van der Waals surface area contributed by atoms with Gasteiger partial charge in [-0.15, -0.1) is 9.90 Å². The molecule has 0 radical (unpaired) electrons. The van der Waals surface area contributed by atoms with Gasteiger partial charge < -0.3 is 4.90 Å². The maximum absolute atomic E-state index is 4.35. The van der Waals surface area contributed by atoms with Gasteiger partial charge in [0.15, 0.2) is 5.82 Å². The molecule has 1 aromatic heterocycles. The summed E-state index contributed by atoms with van der Waals surface area (Å²) in [5.41, 5.74) is 2.19. The molecule has 2 aromatic rings. The van der Waals surface area contributed by atoms with E-state index in [2.05, 4.69) is 29.3 Å². The van der Waals surface area contributed by atoms with Gasteiger partial charge in [-0.05, 0) is 24.6 Å². The van der Waals surface area contributed by atoms with Gasteiger partial charge >= 0.3 is 0 Å². The van der Waals surface area contributed by atoms with Gasteiger partial charge in [0.1, 0.15) is 0 Å². The van der Waals surface area contributed by atoms with Crippen molar-refractivity contribution in [2.45, 2.75) is 6.92 Å². The summed E-state index contributed by atoms with van der Waals surface area (Å²) in [6.07, 6.45) is 1.75. The molecular weight excluding hydrogens is 188 g/mol. The van der Waals surface area contributed by atoms with Crippen molar-refractivity contribution in [3.05, 3.63) is 36.0 Å². The van der Waals surface area contributed by atoms with E-state index in [0.717, 1.165) is 11.5 Å². The van der Waals surface area contributed by atoms with Crippen LogP contribution in [-0.2, 0) is 0 Å². The zero-order chi connectivity index (χ0) is 10.8. The van der Waals surface area contributed by atoms with Crippen LogP contribution in [0.2, 0.25) is 0 Å². The van der Waals surface area contributed by atoms with Crippen LogP contribution in [0.3, 0.4) is 0 Å². The normalized spacial score (nSPS) is 10.3. The third-order valence-corrected chi connectivity index (χ3v) is 2.17. The Morgan fingerprint density at radius 1 is 1.27 bits per heavy atom. The molecule has 0 atom stereocenters. The number of aromatic nitrogens is 3. The van der Waals surface area contributed by atoms with Crippen molar-refractivity contribution in [3.8, 4) is 5.69 Å². The summed E-state index contributed by atoms with van der Waals surface area (Å²) in [5.74, 6) is 0.858. The molecule has 0 aliphatic carbocycles. The highest BCUT2D eigenvalue weighted by Gasteiger charge is 2.03. The lowest BCUT2D eigenvalue weighted by Gasteiger charge is -2.05. The second-order valence-corrected chi connectivity index (χ2v) is 3.73. The van der Waals surface area contributed by atoms with Crippen LogP contribution in [0.4, 0.5) is 5.82 Å². The first-order valence-electron chi connectivity index (χ1n) is 4.83. The molecule has 0 fully saturated rings. The Kier molecular flexibility index (Phi) is 2.41. The summed E-state index contributed by atoms with van der Waals surface area (Å²) in [5, 5.41) is 8.57. The van der Waals surface area contributed by atoms with Crippen LogP contribution in [0, 0.1) is 6.92 Å². The van der Waals surface area contributed by atoms with Crippen LogP contribution >= 0.6 is 0 Å². The molecule has 0 amide bonds. The van der Waals surface area contributed by atoms with Gasteiger partial charge in [-0.2, -0.15) is 5.10 Å². The van der Waals surface area contributed by atoms with Gasteiger partial charge in [0.25, 0.3) is 0 Å². The summed E-state index contributed by atoms with van der Waals surface area (Å²) in [6, 6.07) is 8.11. The van der Waals surface area contributed by atoms with E-state index in [9.17, 15) is 0 Å². The molecular formula is C11H14N4. The van der Waals surface area contributed by atoms with Crippen LogP contribution < -0.4 is 4.90 Å². The van der Waals surface area contributed by atoms with E-state index < -0.39 is 0 Å². The standard InChI is InChI=1S/C11H14N4/c1-9-5-4-6-10(7-9)15-12-8-11(13-15)14(2)3/h4-8H,1-3H3. The van der Waals surface area contributed by atoms with Gasteiger partial charge in [0, 0.05) is 14.1 Å². The lowest BCUT2D eigenvalue weighted by Crippen LogP contribution is -2.09. The Morgan fingerprint density at radius 3 is 2.67 bits per heavy atom. The van der Waals surface area contributed by atoms with Crippen molar-refractivity contribution in [2.24, 2.45) is 0 Å². The van der Waals surface area contributed by atoms with E-state index in [1.54, 1.807) is 11.0 Å². The third kappa shape index (κ3) is 1.98. The van der Waals surface area contributed by atoms with Gasteiger partial charge in [-0.25, -0.2) is 0 Å². The number of aryl methyl sites for hydroxylation is 1. The topological polar surface area (TPSA) is 34.0 Å². The fourth-order valence-electron chi connectivity index (χ4n) is 1.34. The van der Waals surface area contributed by atoms with Gasteiger partial charge in [0.2, 0.25) is 0 Å². The first-order valence-corrected chi connectivity index (χ1v) is 4.83. The SMILES string of the molecule is Cc1cccc(-n2ncc(N(C)C)n2)c1. The number of hydrogen-bond donors (Lipinski definition) is 0. The van der Waals surface area contributed by atoms with Crippen LogP contribution in [0.25, 0.3) is 5.69 Å². The van der Waals surface area contributed by atoms with Crippen molar-refractivity contribution in [1.82, 2.24) is 15.0 Å². The molecule has 78 valence electrons. The van der Waals surface area contributed by atoms with E-state index in [-0.39, 0.29) is 0 Å². The van der Waals surface area contributed by atoms with Gasteiger partial charge in [0.05, 0.1) is 11.9 Å². The van der Waals surface area contributed by atoms with Gasteiger partial charge in [-0.1, -0.05) is 12.1 Å². The fourth-order valence-corrected chi connectivity index (χ4v) is 1.34. The minimum absolute atomic E-state index is 0.858. The molecule has 1 heterocycles. The number of anilines is 1.